The largest absolute Gasteiger partial charge is 0.291 e. The number of Topliss-reactive ketones (excluding diaryl/α,β-unsaturated/α-hetero) is 1. The van der Waals surface area contributed by atoms with Crippen molar-refractivity contribution in [2.75, 3.05) is 11.6 Å². The molecule has 1 heterocycles. The van der Waals surface area contributed by atoms with Gasteiger partial charge in [0.15, 0.2) is 5.78 Å². The van der Waals surface area contributed by atoms with E-state index in [2.05, 4.69) is 5.10 Å². The third-order valence-electron chi connectivity index (χ3n) is 2.33. The van der Waals surface area contributed by atoms with Crippen LogP contribution in [-0.4, -0.2) is 23.0 Å². The number of anilines is 1. The molecule has 1 aliphatic rings. The van der Waals surface area contributed by atoms with E-state index in [0.717, 1.165) is 0 Å². The van der Waals surface area contributed by atoms with Crippen molar-refractivity contribution in [2.24, 2.45) is 5.10 Å². The van der Waals surface area contributed by atoms with Gasteiger partial charge >= 0.3 is 0 Å². The number of non-ortho nitro benzene ring substituents is 1. The van der Waals surface area contributed by atoms with Crippen LogP contribution >= 0.6 is 0 Å². The van der Waals surface area contributed by atoms with Crippen LogP contribution in [0, 0.1) is 10.1 Å². The molecule has 16 heavy (non-hydrogen) atoms. The molecule has 0 atom stereocenters. The van der Waals surface area contributed by atoms with Crippen LogP contribution in [0.4, 0.5) is 11.4 Å². The van der Waals surface area contributed by atoms with Crippen molar-refractivity contribution < 1.29 is 9.72 Å². The van der Waals surface area contributed by atoms with Crippen molar-refractivity contribution >= 4 is 22.9 Å². The Balaban J connectivity index is 2.24. The minimum Gasteiger partial charge on any atom is -0.291 e. The molecule has 82 valence electrons. The second-order valence-corrected chi connectivity index (χ2v) is 3.44. The van der Waals surface area contributed by atoms with E-state index in [9.17, 15) is 14.9 Å². The highest BCUT2D eigenvalue weighted by atomic mass is 16.6. The predicted molar refractivity (Wildman–Crippen MR) is 58.6 cm³/mol. The fourth-order valence-electron chi connectivity index (χ4n) is 1.42. The van der Waals surface area contributed by atoms with Gasteiger partial charge in [0.1, 0.15) is 12.3 Å². The molecular formula is C10H9N3O3. The van der Waals surface area contributed by atoms with Gasteiger partial charge in [-0.25, -0.2) is 0 Å². The summed E-state index contributed by atoms with van der Waals surface area (Å²) >= 11 is 0. The van der Waals surface area contributed by atoms with Gasteiger partial charge in [-0.2, -0.15) is 5.10 Å². The SMILES string of the molecule is CC1=NN(c2ccc([N+](=O)[O-])cc2)CC1=O. The zero-order valence-electron chi connectivity index (χ0n) is 8.58. The van der Waals surface area contributed by atoms with Gasteiger partial charge in [0, 0.05) is 12.1 Å². The third kappa shape index (κ3) is 1.77. The van der Waals surface area contributed by atoms with E-state index in [0.29, 0.717) is 11.4 Å². The summed E-state index contributed by atoms with van der Waals surface area (Å²) in [6.07, 6.45) is 0. The van der Waals surface area contributed by atoms with E-state index in [1.165, 1.54) is 17.1 Å². The fraction of sp³-hybridized carbons (Fsp3) is 0.200. The van der Waals surface area contributed by atoms with Crippen LogP contribution in [0.2, 0.25) is 0 Å². The number of ketones is 1. The second kappa shape index (κ2) is 3.73. The molecule has 0 amide bonds. The molecule has 0 spiro atoms. The summed E-state index contributed by atoms with van der Waals surface area (Å²) < 4.78 is 0. The van der Waals surface area contributed by atoms with Gasteiger partial charge in [0.2, 0.25) is 0 Å². The molecule has 0 aromatic heterocycles. The zero-order valence-corrected chi connectivity index (χ0v) is 8.58. The Hall–Kier alpha value is -2.24. The summed E-state index contributed by atoms with van der Waals surface area (Å²) in [6.45, 7) is 1.84. The molecule has 0 aliphatic carbocycles. The Bertz CT molecular complexity index is 479. The number of hydrazone groups is 1. The van der Waals surface area contributed by atoms with E-state index in [4.69, 9.17) is 0 Å². The van der Waals surface area contributed by atoms with Gasteiger partial charge < -0.3 is 0 Å². The average molecular weight is 219 g/mol. The lowest BCUT2D eigenvalue weighted by molar-refractivity contribution is -0.384. The molecule has 0 fully saturated rings. The first-order valence-corrected chi connectivity index (χ1v) is 4.68. The van der Waals surface area contributed by atoms with Crippen LogP contribution in [0.1, 0.15) is 6.92 Å². The van der Waals surface area contributed by atoms with E-state index in [-0.39, 0.29) is 18.0 Å². The van der Waals surface area contributed by atoms with Crippen LogP contribution < -0.4 is 5.01 Å². The lowest BCUT2D eigenvalue weighted by atomic mass is 10.2. The van der Waals surface area contributed by atoms with Gasteiger partial charge in [-0.05, 0) is 19.1 Å². The van der Waals surface area contributed by atoms with E-state index < -0.39 is 4.92 Å². The number of carbonyl (C=O) groups excluding carboxylic acids is 1. The Kier molecular flexibility index (Phi) is 2.40. The minimum atomic E-state index is -0.465. The van der Waals surface area contributed by atoms with Gasteiger partial charge in [-0.1, -0.05) is 0 Å². The van der Waals surface area contributed by atoms with Crippen molar-refractivity contribution in [3.63, 3.8) is 0 Å². The van der Waals surface area contributed by atoms with E-state index in [1.54, 1.807) is 19.1 Å². The van der Waals surface area contributed by atoms with Crippen molar-refractivity contribution in [3.05, 3.63) is 34.4 Å². The summed E-state index contributed by atoms with van der Waals surface area (Å²) in [6, 6.07) is 5.94. The number of rotatable bonds is 2. The van der Waals surface area contributed by atoms with Crippen LogP contribution in [0.25, 0.3) is 0 Å². The summed E-state index contributed by atoms with van der Waals surface area (Å²) in [7, 11) is 0. The topological polar surface area (TPSA) is 75.8 Å². The molecule has 0 saturated carbocycles. The van der Waals surface area contributed by atoms with Crippen molar-refractivity contribution in [1.29, 1.82) is 0 Å². The average Bonchev–Trinajstić information content (AvgIpc) is 2.59. The molecule has 1 aliphatic heterocycles. The number of carbonyl (C=O) groups is 1. The van der Waals surface area contributed by atoms with Crippen LogP contribution in [-0.2, 0) is 4.79 Å². The molecular weight excluding hydrogens is 210 g/mol. The lowest BCUT2D eigenvalue weighted by Crippen LogP contribution is -2.17. The number of hydrogen-bond acceptors (Lipinski definition) is 5. The maximum Gasteiger partial charge on any atom is 0.269 e. The molecule has 0 radical (unpaired) electrons. The highest BCUT2D eigenvalue weighted by molar-refractivity contribution is 6.42. The molecule has 6 nitrogen and oxygen atoms in total. The van der Waals surface area contributed by atoms with Gasteiger partial charge in [-0.3, -0.25) is 19.9 Å². The standard InChI is InChI=1S/C10H9N3O3/c1-7-10(14)6-12(11-7)8-2-4-9(5-3-8)13(15)16/h2-5H,6H2,1H3. The number of benzene rings is 1. The normalized spacial score (nSPS) is 15.2. The Labute approximate surface area is 91.3 Å². The van der Waals surface area contributed by atoms with Crippen molar-refractivity contribution in [1.82, 2.24) is 0 Å². The number of nitro groups is 1. The maximum atomic E-state index is 11.3. The van der Waals surface area contributed by atoms with Crippen molar-refractivity contribution in [2.45, 2.75) is 6.92 Å². The fourth-order valence-corrected chi connectivity index (χ4v) is 1.42. The number of nitro benzene ring substituents is 1. The third-order valence-corrected chi connectivity index (χ3v) is 2.33. The molecule has 0 unspecified atom stereocenters. The molecule has 1 aromatic carbocycles. The van der Waals surface area contributed by atoms with Crippen molar-refractivity contribution in [3.8, 4) is 0 Å². The Morgan fingerprint density at radius 1 is 1.38 bits per heavy atom. The van der Waals surface area contributed by atoms with E-state index in [1.807, 2.05) is 0 Å². The van der Waals surface area contributed by atoms with Crippen LogP contribution in [0.15, 0.2) is 29.4 Å². The Morgan fingerprint density at radius 2 is 2.00 bits per heavy atom. The lowest BCUT2D eigenvalue weighted by Gasteiger charge is -2.11. The summed E-state index contributed by atoms with van der Waals surface area (Å²) in [4.78, 5) is 21.2. The van der Waals surface area contributed by atoms with Gasteiger partial charge in [0.05, 0.1) is 10.6 Å². The maximum absolute atomic E-state index is 11.3. The predicted octanol–water partition coefficient (Wildman–Crippen LogP) is 1.36. The first-order chi connectivity index (χ1) is 7.58. The minimum absolute atomic E-state index is 0.0231. The summed E-state index contributed by atoms with van der Waals surface area (Å²) in [5.41, 5.74) is 1.16. The number of hydrogen-bond donors (Lipinski definition) is 0. The van der Waals surface area contributed by atoms with Gasteiger partial charge in [0.25, 0.3) is 5.69 Å². The molecule has 0 N–H and O–H groups in total. The molecule has 1 aromatic rings. The quantitative estimate of drug-likeness (QED) is 0.555. The zero-order chi connectivity index (χ0) is 11.7. The molecule has 0 bridgehead atoms. The molecule has 2 rings (SSSR count). The number of nitrogens with zero attached hydrogens (tertiary/aromatic N) is 3. The summed E-state index contributed by atoms with van der Waals surface area (Å²) in [5, 5.41) is 16.0. The van der Waals surface area contributed by atoms with Crippen LogP contribution in [0.5, 0.6) is 0 Å². The smallest absolute Gasteiger partial charge is 0.269 e. The van der Waals surface area contributed by atoms with Gasteiger partial charge in [-0.15, -0.1) is 0 Å². The van der Waals surface area contributed by atoms with E-state index >= 15 is 0 Å². The molecule has 0 saturated heterocycles. The van der Waals surface area contributed by atoms with Crippen LogP contribution in [0.3, 0.4) is 0 Å². The first-order valence-electron chi connectivity index (χ1n) is 4.68. The highest BCUT2D eigenvalue weighted by Gasteiger charge is 2.21. The highest BCUT2D eigenvalue weighted by Crippen LogP contribution is 2.21. The monoisotopic (exact) mass is 219 g/mol. The molecule has 6 heteroatoms. The summed E-state index contributed by atoms with van der Waals surface area (Å²) in [5.74, 6) is -0.0293. The Morgan fingerprint density at radius 3 is 2.44 bits per heavy atom. The first kappa shape index (κ1) is 10.3. The second-order valence-electron chi connectivity index (χ2n) is 3.44.